The van der Waals surface area contributed by atoms with Crippen molar-refractivity contribution in [2.45, 2.75) is 356 Å². The van der Waals surface area contributed by atoms with Crippen LogP contribution in [-0.2, 0) is 33.2 Å². The first-order valence-corrected chi connectivity index (χ1v) is 40.1. The highest BCUT2D eigenvalue weighted by Crippen LogP contribution is 2.33. The standard InChI is InChI=1S/C85H141NO18/c1-3-5-7-9-11-13-15-17-19-21-23-24-25-26-27-28-29-30-31-32-33-34-35-36-37-38-39-40-41-42-43-44-45-47-49-51-53-55-57-59-61-63-73(91)86-68(69(90)62-60-58-56-54-52-50-48-46-22-20-18-16-14-12-10-8-6-4-2)67-99-83-79(97)76(94)81(71(65-88)101-83)104-85-80(98)77(95)82(72(66-89)102-85)103-84-78(96)75(93)74(92)70(64-87)100-84/h5,7,11,13,17,19,23-24,26-27,29-30,32-33,35-36,38-39,41-42,44-45,60,62,68-72,74-85,87-90,92-98H,3-4,6,8-10,12,14-16,18,20-22,25,28,31,34,37,40,43,46-59,61,63-67H2,1-2H3,(H,86,91)/b7-5-,13-11-,19-17-,24-23-,27-26-,30-29-,33-32-,36-35-,39-38-,42-41-,45-44-,62-60+. The van der Waals surface area contributed by atoms with E-state index in [9.17, 15) is 61.0 Å². The Morgan fingerprint density at radius 1 is 0.356 bits per heavy atom. The molecule has 19 heteroatoms. The molecule has 0 aromatic carbocycles. The zero-order valence-electron chi connectivity index (χ0n) is 63.4. The Balaban J connectivity index is 1.35. The third-order valence-electron chi connectivity index (χ3n) is 18.9. The van der Waals surface area contributed by atoms with E-state index >= 15 is 0 Å². The smallest absolute Gasteiger partial charge is 0.220 e. The number of amides is 1. The zero-order valence-corrected chi connectivity index (χ0v) is 63.4. The molecule has 3 fully saturated rings. The van der Waals surface area contributed by atoms with Gasteiger partial charge in [0.1, 0.15) is 73.2 Å². The monoisotopic (exact) mass is 1460 g/mol. The third-order valence-corrected chi connectivity index (χ3v) is 18.9. The molecule has 17 atom stereocenters. The first kappa shape index (κ1) is 93.9. The number of ether oxygens (including phenoxy) is 6. The van der Waals surface area contributed by atoms with Crippen molar-refractivity contribution in [3.8, 4) is 0 Å². The highest BCUT2D eigenvalue weighted by Gasteiger charge is 2.54. The van der Waals surface area contributed by atoms with Gasteiger partial charge in [-0.25, -0.2) is 0 Å². The number of aliphatic hydroxyl groups excluding tert-OH is 11. The predicted octanol–water partition coefficient (Wildman–Crippen LogP) is 13.4. The number of aliphatic hydroxyl groups is 11. The Kier molecular flexibility index (Phi) is 57.4. The number of rotatable bonds is 61. The Labute approximate surface area is 625 Å². The largest absolute Gasteiger partial charge is 0.394 e. The number of carbonyl (C=O) groups excluding carboxylic acids is 1. The van der Waals surface area contributed by atoms with Crippen molar-refractivity contribution in [1.82, 2.24) is 5.32 Å². The third kappa shape index (κ3) is 43.0. The molecule has 3 heterocycles. The second kappa shape index (κ2) is 63.6. The van der Waals surface area contributed by atoms with E-state index < -0.39 is 124 Å². The lowest BCUT2D eigenvalue weighted by Gasteiger charge is -2.48. The van der Waals surface area contributed by atoms with Crippen LogP contribution >= 0.6 is 0 Å². The minimum Gasteiger partial charge on any atom is -0.394 e. The fraction of sp³-hybridized carbons (Fsp3) is 0.706. The lowest BCUT2D eigenvalue weighted by Crippen LogP contribution is -2.66. The van der Waals surface area contributed by atoms with Crippen LogP contribution in [0, 0.1) is 0 Å². The normalized spacial score (nSPS) is 26.7. The van der Waals surface area contributed by atoms with Gasteiger partial charge in [-0.15, -0.1) is 0 Å². The number of hydrogen-bond donors (Lipinski definition) is 12. The minimum absolute atomic E-state index is 0.221. The number of unbranched alkanes of at least 4 members (excludes halogenated alkanes) is 23. The molecule has 12 N–H and O–H groups in total. The topological polar surface area (TPSA) is 307 Å². The molecule has 104 heavy (non-hydrogen) atoms. The molecule has 0 aromatic heterocycles. The van der Waals surface area contributed by atoms with Gasteiger partial charge in [0.05, 0.1) is 38.6 Å². The van der Waals surface area contributed by atoms with E-state index in [1.807, 2.05) is 6.08 Å². The van der Waals surface area contributed by atoms with Crippen LogP contribution in [0.15, 0.2) is 146 Å². The summed E-state index contributed by atoms with van der Waals surface area (Å²) in [4.78, 5) is 13.5. The van der Waals surface area contributed by atoms with E-state index in [1.165, 1.54) is 83.5 Å². The summed E-state index contributed by atoms with van der Waals surface area (Å²) in [6.07, 6.45) is 65.4. The average molecular weight is 1470 g/mol. The summed E-state index contributed by atoms with van der Waals surface area (Å²) in [5.41, 5.74) is 0. The van der Waals surface area contributed by atoms with Gasteiger partial charge in [-0.05, 0) is 103 Å². The van der Waals surface area contributed by atoms with Crippen LogP contribution in [0.5, 0.6) is 0 Å². The fourth-order valence-corrected chi connectivity index (χ4v) is 12.5. The van der Waals surface area contributed by atoms with Gasteiger partial charge >= 0.3 is 0 Å². The Morgan fingerprint density at radius 2 is 0.663 bits per heavy atom. The molecule has 3 rings (SSSR count). The van der Waals surface area contributed by atoms with Crippen LogP contribution in [0.3, 0.4) is 0 Å². The first-order valence-electron chi connectivity index (χ1n) is 40.1. The van der Waals surface area contributed by atoms with Gasteiger partial charge in [-0.1, -0.05) is 288 Å². The molecule has 3 aliphatic heterocycles. The summed E-state index contributed by atoms with van der Waals surface area (Å²) in [6.45, 7) is 1.61. The fourth-order valence-electron chi connectivity index (χ4n) is 12.5. The van der Waals surface area contributed by atoms with Crippen molar-refractivity contribution >= 4 is 5.91 Å². The minimum atomic E-state index is -1.99. The summed E-state index contributed by atoms with van der Waals surface area (Å²) < 4.78 is 34.4. The summed E-state index contributed by atoms with van der Waals surface area (Å²) in [5, 5.41) is 121. The van der Waals surface area contributed by atoms with Crippen molar-refractivity contribution in [3.63, 3.8) is 0 Å². The second-order valence-corrected chi connectivity index (χ2v) is 27.8. The molecule has 17 unspecified atom stereocenters. The molecule has 0 bridgehead atoms. The van der Waals surface area contributed by atoms with E-state index in [0.29, 0.717) is 6.42 Å². The number of nitrogens with one attached hydrogen (secondary N) is 1. The van der Waals surface area contributed by atoms with E-state index in [-0.39, 0.29) is 18.9 Å². The SMILES string of the molecule is CC/C=C\C/C=C\C/C=C\C/C=C\C/C=C\C/C=C\C/C=C\C/C=C\C/C=C\C/C=C\C/C=C\CCCCCCCCCC(=O)NC(COC1OC(CO)C(OC2OC(CO)C(OC3OC(CO)C(O)C(O)C3O)C(O)C2O)C(O)C1O)C(O)/C=C/CCCCCCCCCCCCCCCCCC. The van der Waals surface area contributed by atoms with Crippen molar-refractivity contribution in [2.24, 2.45) is 0 Å². The highest BCUT2D eigenvalue weighted by molar-refractivity contribution is 5.76. The van der Waals surface area contributed by atoms with E-state index in [2.05, 4.69) is 153 Å². The highest BCUT2D eigenvalue weighted by atomic mass is 16.8. The molecule has 1 amide bonds. The van der Waals surface area contributed by atoms with Gasteiger partial charge < -0.3 is 89.9 Å². The summed E-state index contributed by atoms with van der Waals surface area (Å²) >= 11 is 0. The number of carbonyl (C=O) groups is 1. The van der Waals surface area contributed by atoms with Crippen LogP contribution in [0.25, 0.3) is 0 Å². The Bertz CT molecular complexity index is 2450. The second-order valence-electron chi connectivity index (χ2n) is 27.8. The molecular formula is C85H141NO18. The van der Waals surface area contributed by atoms with Crippen molar-refractivity contribution in [2.75, 3.05) is 26.4 Å². The molecule has 0 radical (unpaired) electrons. The van der Waals surface area contributed by atoms with Gasteiger partial charge in [0.2, 0.25) is 5.91 Å². The molecule has 0 saturated carbocycles. The number of hydrogen-bond acceptors (Lipinski definition) is 18. The van der Waals surface area contributed by atoms with Gasteiger partial charge in [-0.3, -0.25) is 4.79 Å². The van der Waals surface area contributed by atoms with E-state index in [4.69, 9.17) is 28.4 Å². The van der Waals surface area contributed by atoms with Crippen molar-refractivity contribution in [3.05, 3.63) is 146 Å². The number of allylic oxidation sites excluding steroid dienone is 23. The maximum Gasteiger partial charge on any atom is 0.220 e. The van der Waals surface area contributed by atoms with Crippen LogP contribution in [0.4, 0.5) is 0 Å². The van der Waals surface area contributed by atoms with Crippen LogP contribution < -0.4 is 5.32 Å². The first-order chi connectivity index (χ1) is 50.8. The lowest BCUT2D eigenvalue weighted by molar-refractivity contribution is -0.379. The predicted molar refractivity (Wildman–Crippen MR) is 415 cm³/mol. The lowest BCUT2D eigenvalue weighted by atomic mass is 9.96. The summed E-state index contributed by atoms with van der Waals surface area (Å²) in [6, 6.07) is -0.990. The molecule has 3 aliphatic rings. The van der Waals surface area contributed by atoms with Crippen LogP contribution in [-0.4, -0.2) is 193 Å². The molecule has 0 aromatic rings. The molecule has 594 valence electrons. The summed E-state index contributed by atoms with van der Waals surface area (Å²) in [5.74, 6) is -0.291. The van der Waals surface area contributed by atoms with E-state index in [0.717, 1.165) is 141 Å². The van der Waals surface area contributed by atoms with Gasteiger partial charge in [0, 0.05) is 6.42 Å². The molecular weight excluding hydrogens is 1320 g/mol. The molecule has 19 nitrogen and oxygen atoms in total. The quantitative estimate of drug-likeness (QED) is 0.0199. The van der Waals surface area contributed by atoms with E-state index in [1.54, 1.807) is 6.08 Å². The maximum atomic E-state index is 13.5. The van der Waals surface area contributed by atoms with Gasteiger partial charge in [0.25, 0.3) is 0 Å². The average Bonchev–Trinajstić information content (AvgIpc) is 0.783. The zero-order chi connectivity index (χ0) is 75.3. The molecule has 0 spiro atoms. The van der Waals surface area contributed by atoms with Crippen LogP contribution in [0.2, 0.25) is 0 Å². The Morgan fingerprint density at radius 3 is 1.04 bits per heavy atom. The summed E-state index contributed by atoms with van der Waals surface area (Å²) in [7, 11) is 0. The Hall–Kier alpha value is -4.33. The van der Waals surface area contributed by atoms with Gasteiger partial charge in [-0.2, -0.15) is 0 Å². The van der Waals surface area contributed by atoms with Crippen LogP contribution in [0.1, 0.15) is 251 Å². The molecule has 0 aliphatic carbocycles. The molecule has 3 saturated heterocycles. The van der Waals surface area contributed by atoms with Crippen molar-refractivity contribution < 1.29 is 89.4 Å². The van der Waals surface area contributed by atoms with Crippen molar-refractivity contribution in [1.29, 1.82) is 0 Å². The van der Waals surface area contributed by atoms with Gasteiger partial charge in [0.15, 0.2) is 18.9 Å². The maximum absolute atomic E-state index is 13.5.